The van der Waals surface area contributed by atoms with E-state index in [2.05, 4.69) is 17.2 Å². The van der Waals surface area contributed by atoms with Crippen LogP contribution in [0.5, 0.6) is 0 Å². The molecule has 136 valence electrons. The van der Waals surface area contributed by atoms with Crippen LogP contribution < -0.4 is 5.32 Å². The van der Waals surface area contributed by atoms with Crippen molar-refractivity contribution in [1.82, 2.24) is 15.2 Å². The van der Waals surface area contributed by atoms with Crippen LogP contribution in [0.1, 0.15) is 41.0 Å². The number of carbonyl (C=O) groups is 2. The van der Waals surface area contributed by atoms with Gasteiger partial charge in [-0.3, -0.25) is 9.78 Å². The Bertz CT molecular complexity index is 779. The third-order valence-electron chi connectivity index (χ3n) is 4.86. The fourth-order valence-electron chi connectivity index (χ4n) is 3.33. The lowest BCUT2D eigenvalue weighted by Gasteiger charge is -2.25. The van der Waals surface area contributed by atoms with Crippen molar-refractivity contribution in [2.45, 2.75) is 25.9 Å². The van der Waals surface area contributed by atoms with Crippen LogP contribution in [0.15, 0.2) is 48.7 Å². The minimum atomic E-state index is -0.967. The molecule has 2 heterocycles. The summed E-state index contributed by atoms with van der Waals surface area (Å²) >= 11 is 0. The van der Waals surface area contributed by atoms with Crippen LogP contribution in [-0.4, -0.2) is 40.0 Å². The minimum absolute atomic E-state index is 0.0520. The summed E-state index contributed by atoms with van der Waals surface area (Å²) in [6.45, 7) is 3.83. The summed E-state index contributed by atoms with van der Waals surface area (Å²) in [6.07, 6.45) is 2.32. The second kappa shape index (κ2) is 8.10. The summed E-state index contributed by atoms with van der Waals surface area (Å²) < 4.78 is 0. The lowest BCUT2D eigenvalue weighted by Crippen LogP contribution is -2.33. The molecule has 1 aromatic heterocycles. The number of aromatic carboxylic acids is 1. The molecule has 1 aromatic carbocycles. The fourth-order valence-corrected chi connectivity index (χ4v) is 3.33. The Balaban J connectivity index is 1.53. The van der Waals surface area contributed by atoms with E-state index < -0.39 is 5.97 Å². The first-order chi connectivity index (χ1) is 12.6. The zero-order valence-corrected chi connectivity index (χ0v) is 14.8. The highest BCUT2D eigenvalue weighted by atomic mass is 16.4. The molecule has 1 aliphatic heterocycles. The molecule has 2 N–H and O–H groups in total. The largest absolute Gasteiger partial charge is 0.478 e. The monoisotopic (exact) mass is 353 g/mol. The van der Waals surface area contributed by atoms with Gasteiger partial charge in [-0.15, -0.1) is 0 Å². The summed E-state index contributed by atoms with van der Waals surface area (Å²) in [6, 6.07) is 13.1. The van der Waals surface area contributed by atoms with Crippen molar-refractivity contribution in [3.63, 3.8) is 0 Å². The van der Waals surface area contributed by atoms with Gasteiger partial charge in [0.15, 0.2) is 0 Å². The number of carboxylic acids is 1. The van der Waals surface area contributed by atoms with E-state index in [1.54, 1.807) is 6.07 Å². The van der Waals surface area contributed by atoms with Crippen LogP contribution in [0.3, 0.4) is 0 Å². The molecule has 0 aliphatic carbocycles. The average molecular weight is 353 g/mol. The molecule has 6 heteroatoms. The fraction of sp³-hybridized carbons (Fsp3) is 0.350. The molecule has 1 saturated heterocycles. The van der Waals surface area contributed by atoms with E-state index in [1.165, 1.54) is 12.3 Å². The minimum Gasteiger partial charge on any atom is -0.478 e. The molecule has 2 atom stereocenters. The molecule has 3 rings (SSSR count). The molecule has 2 aromatic rings. The van der Waals surface area contributed by atoms with Gasteiger partial charge in [-0.05, 0) is 31.0 Å². The summed E-state index contributed by atoms with van der Waals surface area (Å²) in [5.41, 5.74) is 2.02. The van der Waals surface area contributed by atoms with Gasteiger partial charge in [0.25, 0.3) is 0 Å². The standard InChI is InChI=1S/C20H23N3O3/c1-14(15-5-3-2-4-6-15)23-10-8-17(19(23)24)12-21-13-18-11-16(20(25)26)7-9-22-18/h2-7,9,11,14,17,21H,8,10,12-13H2,1H3,(H,25,26)/t14?,17-/m1/s1. The first-order valence-corrected chi connectivity index (χ1v) is 8.80. The van der Waals surface area contributed by atoms with Gasteiger partial charge in [-0.1, -0.05) is 30.3 Å². The Hall–Kier alpha value is -2.73. The van der Waals surface area contributed by atoms with Crippen LogP contribution in [0.2, 0.25) is 0 Å². The summed E-state index contributed by atoms with van der Waals surface area (Å²) in [4.78, 5) is 29.8. The maximum absolute atomic E-state index is 12.7. The van der Waals surface area contributed by atoms with Crippen LogP contribution in [0.4, 0.5) is 0 Å². The van der Waals surface area contributed by atoms with Crippen molar-refractivity contribution in [1.29, 1.82) is 0 Å². The highest BCUT2D eigenvalue weighted by molar-refractivity contribution is 5.87. The lowest BCUT2D eigenvalue weighted by molar-refractivity contribution is -0.132. The van der Waals surface area contributed by atoms with E-state index in [9.17, 15) is 9.59 Å². The molecular formula is C20H23N3O3. The second-order valence-electron chi connectivity index (χ2n) is 6.58. The van der Waals surface area contributed by atoms with Crippen molar-refractivity contribution in [2.75, 3.05) is 13.1 Å². The van der Waals surface area contributed by atoms with Crippen molar-refractivity contribution in [2.24, 2.45) is 5.92 Å². The van der Waals surface area contributed by atoms with E-state index in [4.69, 9.17) is 5.11 Å². The molecule has 1 fully saturated rings. The predicted octanol–water partition coefficient (Wildman–Crippen LogP) is 2.48. The Morgan fingerprint density at radius 1 is 1.35 bits per heavy atom. The molecule has 6 nitrogen and oxygen atoms in total. The molecule has 0 spiro atoms. The van der Waals surface area contributed by atoms with Gasteiger partial charge in [0.05, 0.1) is 23.2 Å². The van der Waals surface area contributed by atoms with Crippen LogP contribution in [-0.2, 0) is 11.3 Å². The zero-order chi connectivity index (χ0) is 18.5. The van der Waals surface area contributed by atoms with Gasteiger partial charge in [-0.2, -0.15) is 0 Å². The Labute approximate surface area is 152 Å². The Morgan fingerprint density at radius 2 is 2.12 bits per heavy atom. The third-order valence-corrected chi connectivity index (χ3v) is 4.86. The smallest absolute Gasteiger partial charge is 0.335 e. The maximum atomic E-state index is 12.7. The van der Waals surface area contributed by atoms with Crippen LogP contribution in [0, 0.1) is 5.92 Å². The first-order valence-electron chi connectivity index (χ1n) is 8.80. The number of hydrogen-bond acceptors (Lipinski definition) is 4. The Kier molecular flexibility index (Phi) is 5.63. The van der Waals surface area contributed by atoms with Crippen molar-refractivity contribution in [3.05, 3.63) is 65.5 Å². The van der Waals surface area contributed by atoms with Crippen LogP contribution in [0.25, 0.3) is 0 Å². The first kappa shape index (κ1) is 18.1. The van der Waals surface area contributed by atoms with Crippen LogP contribution >= 0.6 is 0 Å². The van der Waals surface area contributed by atoms with Gasteiger partial charge >= 0.3 is 5.97 Å². The second-order valence-corrected chi connectivity index (χ2v) is 6.58. The SMILES string of the molecule is CC(c1ccccc1)N1CC[C@H](CNCc2cc(C(=O)O)ccn2)C1=O. The molecular weight excluding hydrogens is 330 g/mol. The molecule has 0 saturated carbocycles. The Morgan fingerprint density at radius 3 is 2.85 bits per heavy atom. The van der Waals surface area contributed by atoms with Gasteiger partial charge < -0.3 is 15.3 Å². The van der Waals surface area contributed by atoms with Gasteiger partial charge in [0.1, 0.15) is 0 Å². The third kappa shape index (κ3) is 4.08. The molecule has 0 bridgehead atoms. The van der Waals surface area contributed by atoms with Gasteiger partial charge in [0.2, 0.25) is 5.91 Å². The van der Waals surface area contributed by atoms with Crippen molar-refractivity contribution < 1.29 is 14.7 Å². The zero-order valence-electron chi connectivity index (χ0n) is 14.8. The predicted molar refractivity (Wildman–Crippen MR) is 97.6 cm³/mol. The number of benzene rings is 1. The number of aromatic nitrogens is 1. The molecule has 1 amide bonds. The number of amides is 1. The number of nitrogens with one attached hydrogen (secondary N) is 1. The van der Waals surface area contributed by atoms with E-state index in [1.807, 2.05) is 35.2 Å². The number of hydrogen-bond donors (Lipinski definition) is 2. The van der Waals surface area contributed by atoms with Gasteiger partial charge in [-0.25, -0.2) is 4.79 Å². The van der Waals surface area contributed by atoms with Crippen molar-refractivity contribution >= 4 is 11.9 Å². The summed E-state index contributed by atoms with van der Waals surface area (Å²) in [5.74, 6) is -0.852. The number of nitrogens with zero attached hydrogens (tertiary/aromatic N) is 2. The van der Waals surface area contributed by atoms with E-state index >= 15 is 0 Å². The number of carbonyl (C=O) groups excluding carboxylic acids is 1. The number of carboxylic acid groups (broad SMARTS) is 1. The number of pyridine rings is 1. The lowest BCUT2D eigenvalue weighted by atomic mass is 10.1. The molecule has 1 aliphatic rings. The highest BCUT2D eigenvalue weighted by Gasteiger charge is 2.34. The highest BCUT2D eigenvalue weighted by Crippen LogP contribution is 2.28. The quantitative estimate of drug-likeness (QED) is 0.799. The number of rotatable bonds is 7. The topological polar surface area (TPSA) is 82.5 Å². The number of likely N-dealkylation sites (tertiary alicyclic amines) is 1. The maximum Gasteiger partial charge on any atom is 0.335 e. The molecule has 1 unspecified atom stereocenters. The van der Waals surface area contributed by atoms with Crippen molar-refractivity contribution in [3.8, 4) is 0 Å². The molecule has 26 heavy (non-hydrogen) atoms. The summed E-state index contributed by atoms with van der Waals surface area (Å²) in [5, 5.41) is 12.3. The summed E-state index contributed by atoms with van der Waals surface area (Å²) in [7, 11) is 0. The average Bonchev–Trinajstić information content (AvgIpc) is 3.03. The van der Waals surface area contributed by atoms with Gasteiger partial charge in [0, 0.05) is 25.8 Å². The molecule has 0 radical (unpaired) electrons. The van der Waals surface area contributed by atoms with E-state index in [0.29, 0.717) is 18.8 Å². The normalized spacial score (nSPS) is 18.1. The van der Waals surface area contributed by atoms with E-state index in [-0.39, 0.29) is 23.4 Å². The van der Waals surface area contributed by atoms with E-state index in [0.717, 1.165) is 18.5 Å².